The van der Waals surface area contributed by atoms with E-state index in [-0.39, 0.29) is 23.9 Å². The smallest absolute Gasteiger partial charge is 0.243 e. The Kier molecular flexibility index (Phi) is 5.50. The molecule has 6 nitrogen and oxygen atoms in total. The van der Waals surface area contributed by atoms with E-state index in [9.17, 15) is 9.59 Å². The Morgan fingerprint density at radius 3 is 2.18 bits per heavy atom. The second-order valence-corrected chi connectivity index (χ2v) is 8.31. The number of rotatable bonds is 5. The highest BCUT2D eigenvalue weighted by molar-refractivity contribution is 5.95. The fraction of sp³-hybridized carbons (Fsp3) is 0.259. The third-order valence-electron chi connectivity index (χ3n) is 6.54. The summed E-state index contributed by atoms with van der Waals surface area (Å²) >= 11 is 0. The Bertz CT molecular complexity index is 1350. The fourth-order valence-corrected chi connectivity index (χ4v) is 4.95. The van der Waals surface area contributed by atoms with Crippen molar-refractivity contribution in [2.24, 2.45) is 0 Å². The number of hydrogen-bond donors (Lipinski definition) is 0. The van der Waals surface area contributed by atoms with Gasteiger partial charge in [-0.05, 0) is 54.8 Å². The average molecular weight is 443 g/mol. The molecule has 1 atom stereocenters. The third kappa shape index (κ3) is 3.61. The topological polar surface area (TPSA) is 60.8 Å². The highest BCUT2D eigenvalue weighted by Crippen LogP contribution is 2.37. The molecule has 1 aliphatic heterocycles. The van der Waals surface area contributed by atoms with E-state index in [4.69, 9.17) is 9.47 Å². The Morgan fingerprint density at radius 2 is 1.55 bits per heavy atom. The zero-order valence-electron chi connectivity index (χ0n) is 18.8. The van der Waals surface area contributed by atoms with Crippen LogP contribution in [0, 0.1) is 0 Å². The minimum absolute atomic E-state index is 0.00530. The number of benzene rings is 3. The molecule has 2 heterocycles. The molecule has 5 rings (SSSR count). The van der Waals surface area contributed by atoms with Gasteiger partial charge in [0.1, 0.15) is 6.54 Å². The number of amides is 1. The van der Waals surface area contributed by atoms with Crippen molar-refractivity contribution in [3.05, 3.63) is 82.5 Å². The first kappa shape index (κ1) is 21.1. The van der Waals surface area contributed by atoms with E-state index < -0.39 is 0 Å². The van der Waals surface area contributed by atoms with Crippen LogP contribution < -0.4 is 14.9 Å². The molecule has 1 fully saturated rings. The minimum Gasteiger partial charge on any atom is -0.493 e. The fourth-order valence-electron chi connectivity index (χ4n) is 4.95. The van der Waals surface area contributed by atoms with Gasteiger partial charge >= 0.3 is 0 Å². The first-order valence-electron chi connectivity index (χ1n) is 11.1. The number of hydrogen-bond acceptors (Lipinski definition) is 4. The number of nitrogens with zero attached hydrogens (tertiary/aromatic N) is 2. The van der Waals surface area contributed by atoms with Crippen LogP contribution in [0.5, 0.6) is 11.5 Å². The monoisotopic (exact) mass is 442 g/mol. The van der Waals surface area contributed by atoms with Crippen molar-refractivity contribution < 1.29 is 14.3 Å². The van der Waals surface area contributed by atoms with Gasteiger partial charge in [0.25, 0.3) is 0 Å². The highest BCUT2D eigenvalue weighted by Gasteiger charge is 2.31. The normalized spacial score (nSPS) is 15.8. The number of pyridine rings is 1. The molecule has 3 aromatic carbocycles. The van der Waals surface area contributed by atoms with Gasteiger partial charge in [-0.3, -0.25) is 9.59 Å². The number of aromatic nitrogens is 1. The van der Waals surface area contributed by atoms with Crippen LogP contribution in [0.15, 0.2) is 71.5 Å². The summed E-state index contributed by atoms with van der Waals surface area (Å²) in [6, 6.07) is 20.8. The van der Waals surface area contributed by atoms with Crippen molar-refractivity contribution in [1.82, 2.24) is 9.47 Å². The van der Waals surface area contributed by atoms with Crippen LogP contribution in [-0.4, -0.2) is 36.1 Å². The molecule has 0 N–H and O–H groups in total. The van der Waals surface area contributed by atoms with Crippen LogP contribution in [0.1, 0.15) is 24.4 Å². The molecular formula is C27H26N2O4. The van der Waals surface area contributed by atoms with Gasteiger partial charge in [0.15, 0.2) is 16.9 Å². The number of para-hydroxylation sites is 2. The van der Waals surface area contributed by atoms with E-state index in [1.165, 1.54) is 0 Å². The molecule has 0 radical (unpaired) electrons. The molecule has 1 aliphatic rings. The van der Waals surface area contributed by atoms with E-state index in [1.54, 1.807) is 14.2 Å². The van der Waals surface area contributed by atoms with E-state index in [2.05, 4.69) is 0 Å². The maximum atomic E-state index is 13.6. The van der Waals surface area contributed by atoms with Crippen molar-refractivity contribution in [2.75, 3.05) is 20.8 Å². The summed E-state index contributed by atoms with van der Waals surface area (Å²) < 4.78 is 12.8. The predicted octanol–water partition coefficient (Wildman–Crippen LogP) is 4.54. The van der Waals surface area contributed by atoms with Gasteiger partial charge in [-0.2, -0.15) is 0 Å². The SMILES string of the molecule is COc1ccc([C@H]2CCCN2C(=O)Cn2c3ccccc3c(=O)c3ccccc32)cc1OC. The molecule has 1 amide bonds. The lowest BCUT2D eigenvalue weighted by molar-refractivity contribution is -0.132. The van der Waals surface area contributed by atoms with Gasteiger partial charge in [0, 0.05) is 17.3 Å². The lowest BCUT2D eigenvalue weighted by Gasteiger charge is -2.27. The summed E-state index contributed by atoms with van der Waals surface area (Å²) in [6.45, 7) is 0.874. The summed E-state index contributed by atoms with van der Waals surface area (Å²) in [5.41, 5.74) is 2.58. The molecule has 0 aliphatic carbocycles. The van der Waals surface area contributed by atoms with Crippen LogP contribution in [0.4, 0.5) is 0 Å². The molecule has 1 aromatic heterocycles. The molecule has 0 unspecified atom stereocenters. The van der Waals surface area contributed by atoms with Crippen LogP contribution in [0.3, 0.4) is 0 Å². The van der Waals surface area contributed by atoms with Crippen molar-refractivity contribution in [1.29, 1.82) is 0 Å². The number of methoxy groups -OCH3 is 2. The maximum Gasteiger partial charge on any atom is 0.243 e. The Balaban J connectivity index is 1.53. The quantitative estimate of drug-likeness (QED) is 0.426. The van der Waals surface area contributed by atoms with E-state index in [0.29, 0.717) is 28.8 Å². The van der Waals surface area contributed by atoms with Gasteiger partial charge in [0.2, 0.25) is 5.91 Å². The number of fused-ring (bicyclic) bond motifs is 2. The summed E-state index contributed by atoms with van der Waals surface area (Å²) in [7, 11) is 3.23. The zero-order chi connectivity index (χ0) is 22.9. The predicted molar refractivity (Wildman–Crippen MR) is 129 cm³/mol. The summed E-state index contributed by atoms with van der Waals surface area (Å²) in [5.74, 6) is 1.36. The maximum absolute atomic E-state index is 13.6. The van der Waals surface area contributed by atoms with Crippen molar-refractivity contribution in [3.63, 3.8) is 0 Å². The van der Waals surface area contributed by atoms with Gasteiger partial charge in [-0.25, -0.2) is 0 Å². The number of carbonyl (C=O) groups is 1. The molecule has 0 saturated carbocycles. The molecule has 6 heteroatoms. The van der Waals surface area contributed by atoms with E-state index in [1.807, 2.05) is 76.2 Å². The second kappa shape index (κ2) is 8.62. The van der Waals surface area contributed by atoms with Crippen molar-refractivity contribution >= 4 is 27.7 Å². The Labute approximate surface area is 192 Å². The van der Waals surface area contributed by atoms with Crippen molar-refractivity contribution in [3.8, 4) is 11.5 Å². The van der Waals surface area contributed by atoms with Gasteiger partial charge in [-0.15, -0.1) is 0 Å². The lowest BCUT2D eigenvalue weighted by Crippen LogP contribution is -2.34. The van der Waals surface area contributed by atoms with E-state index >= 15 is 0 Å². The van der Waals surface area contributed by atoms with Crippen molar-refractivity contribution in [2.45, 2.75) is 25.4 Å². The Morgan fingerprint density at radius 1 is 0.909 bits per heavy atom. The van der Waals surface area contributed by atoms with E-state index in [0.717, 1.165) is 29.4 Å². The molecular weight excluding hydrogens is 416 g/mol. The lowest BCUT2D eigenvalue weighted by atomic mass is 10.0. The second-order valence-electron chi connectivity index (χ2n) is 8.31. The van der Waals surface area contributed by atoms with Crippen LogP contribution >= 0.6 is 0 Å². The third-order valence-corrected chi connectivity index (χ3v) is 6.54. The molecule has 168 valence electrons. The first-order valence-corrected chi connectivity index (χ1v) is 11.1. The van der Waals surface area contributed by atoms with Gasteiger partial charge in [-0.1, -0.05) is 30.3 Å². The molecule has 0 spiro atoms. The highest BCUT2D eigenvalue weighted by atomic mass is 16.5. The Hall–Kier alpha value is -3.80. The zero-order valence-corrected chi connectivity index (χ0v) is 18.8. The number of carbonyl (C=O) groups excluding carboxylic acids is 1. The van der Waals surface area contributed by atoms with Crippen LogP contribution in [0.2, 0.25) is 0 Å². The minimum atomic E-state index is -0.0192. The van der Waals surface area contributed by atoms with Gasteiger partial charge in [0.05, 0.1) is 31.3 Å². The standard InChI is InChI=1S/C27H26N2O4/c1-32-24-14-13-18(16-25(24)33-2)21-12-7-15-28(21)26(30)17-29-22-10-5-3-8-19(22)27(31)20-9-4-6-11-23(20)29/h3-6,8-11,13-14,16,21H,7,12,15,17H2,1-2H3/t21-/m1/s1. The average Bonchev–Trinajstić information content (AvgIpc) is 3.36. The molecule has 0 bridgehead atoms. The molecule has 1 saturated heterocycles. The van der Waals surface area contributed by atoms with Gasteiger partial charge < -0.3 is 18.9 Å². The summed E-state index contributed by atoms with van der Waals surface area (Å²) in [4.78, 5) is 28.6. The summed E-state index contributed by atoms with van der Waals surface area (Å²) in [6.07, 6.45) is 1.84. The van der Waals surface area contributed by atoms with Crippen LogP contribution in [-0.2, 0) is 11.3 Å². The summed E-state index contributed by atoms with van der Waals surface area (Å²) in [5, 5.41) is 1.25. The molecule has 4 aromatic rings. The number of ether oxygens (including phenoxy) is 2. The van der Waals surface area contributed by atoms with Crippen LogP contribution in [0.25, 0.3) is 21.8 Å². The largest absolute Gasteiger partial charge is 0.493 e. The number of likely N-dealkylation sites (tertiary alicyclic amines) is 1. The molecule has 33 heavy (non-hydrogen) atoms. The first-order chi connectivity index (χ1) is 16.1.